The molecule has 0 saturated heterocycles. The molecule has 0 spiro atoms. The first kappa shape index (κ1) is 12.9. The van der Waals surface area contributed by atoms with Crippen LogP contribution >= 0.6 is 0 Å². The predicted molar refractivity (Wildman–Crippen MR) is 71.3 cm³/mol. The maximum Gasteiger partial charge on any atom is 0.339 e. The lowest BCUT2D eigenvalue weighted by atomic mass is 10.1. The largest absolute Gasteiger partial charge is 0.465 e. The lowest BCUT2D eigenvalue weighted by molar-refractivity contribution is 0.0602. The van der Waals surface area contributed by atoms with Crippen LogP contribution in [0.3, 0.4) is 0 Å². The fraction of sp³-hybridized carbons (Fsp3) is 0.143. The Morgan fingerprint density at radius 1 is 1.16 bits per heavy atom. The van der Waals surface area contributed by atoms with E-state index in [1.165, 1.54) is 7.11 Å². The van der Waals surface area contributed by atoms with Crippen LogP contribution in [0.15, 0.2) is 36.5 Å². The molecule has 19 heavy (non-hydrogen) atoms. The van der Waals surface area contributed by atoms with Gasteiger partial charge >= 0.3 is 5.97 Å². The molecule has 0 unspecified atom stereocenters. The number of aryl methyl sites for hydroxylation is 1. The first-order chi connectivity index (χ1) is 9.13. The zero-order chi connectivity index (χ0) is 13.8. The molecule has 5 nitrogen and oxygen atoms in total. The Morgan fingerprint density at radius 3 is 2.53 bits per heavy atom. The third kappa shape index (κ3) is 2.65. The van der Waals surface area contributed by atoms with Crippen LogP contribution in [0.2, 0.25) is 0 Å². The molecule has 98 valence electrons. The van der Waals surface area contributed by atoms with Gasteiger partial charge in [0.25, 0.3) is 5.91 Å². The highest BCUT2D eigenvalue weighted by molar-refractivity contribution is 6.08. The second-order valence-corrected chi connectivity index (χ2v) is 4.01. The molecule has 1 aromatic heterocycles. The van der Waals surface area contributed by atoms with Gasteiger partial charge in [-0.1, -0.05) is 12.1 Å². The molecule has 0 aliphatic carbocycles. The number of carbonyl (C=O) groups excluding carboxylic acids is 2. The van der Waals surface area contributed by atoms with E-state index in [9.17, 15) is 9.59 Å². The summed E-state index contributed by atoms with van der Waals surface area (Å²) in [4.78, 5) is 26.6. The molecule has 0 saturated carbocycles. The molecule has 0 aliphatic heterocycles. The van der Waals surface area contributed by atoms with E-state index in [4.69, 9.17) is 0 Å². The standard InChI is InChI=1S/C14H14N2O3/c1-9-10(7-8-15-9)13(17)16-12-6-4-3-5-11(12)14(18)19-2/h3-8,15H,1-2H3,(H,16,17). The summed E-state index contributed by atoms with van der Waals surface area (Å²) in [6.45, 7) is 1.81. The Kier molecular flexibility index (Phi) is 3.66. The van der Waals surface area contributed by atoms with Crippen LogP contribution in [0.5, 0.6) is 0 Å². The zero-order valence-corrected chi connectivity index (χ0v) is 10.7. The number of benzene rings is 1. The highest BCUT2D eigenvalue weighted by Gasteiger charge is 2.15. The maximum atomic E-state index is 12.1. The quantitative estimate of drug-likeness (QED) is 0.830. The fourth-order valence-electron chi connectivity index (χ4n) is 1.77. The van der Waals surface area contributed by atoms with E-state index in [-0.39, 0.29) is 5.91 Å². The van der Waals surface area contributed by atoms with Gasteiger partial charge in [0.05, 0.1) is 23.9 Å². The van der Waals surface area contributed by atoms with Crippen LogP contribution < -0.4 is 5.32 Å². The number of methoxy groups -OCH3 is 1. The summed E-state index contributed by atoms with van der Waals surface area (Å²) in [5.74, 6) is -0.753. The minimum absolute atomic E-state index is 0.268. The van der Waals surface area contributed by atoms with Gasteiger partial charge in [0.15, 0.2) is 0 Å². The van der Waals surface area contributed by atoms with Gasteiger partial charge in [-0.15, -0.1) is 0 Å². The minimum Gasteiger partial charge on any atom is -0.465 e. The highest BCUT2D eigenvalue weighted by Crippen LogP contribution is 2.17. The van der Waals surface area contributed by atoms with Crippen molar-refractivity contribution in [3.63, 3.8) is 0 Å². The number of nitrogens with one attached hydrogen (secondary N) is 2. The normalized spacial score (nSPS) is 10.0. The molecule has 2 rings (SSSR count). The molecule has 0 atom stereocenters. The van der Waals surface area contributed by atoms with Crippen molar-refractivity contribution in [2.75, 3.05) is 12.4 Å². The zero-order valence-electron chi connectivity index (χ0n) is 10.7. The lowest BCUT2D eigenvalue weighted by Crippen LogP contribution is -2.15. The minimum atomic E-state index is -0.485. The molecule has 0 fully saturated rings. The SMILES string of the molecule is COC(=O)c1ccccc1NC(=O)c1cc[nH]c1C. The van der Waals surface area contributed by atoms with Crippen LogP contribution in [0.1, 0.15) is 26.4 Å². The van der Waals surface area contributed by atoms with Gasteiger partial charge in [0, 0.05) is 11.9 Å². The maximum absolute atomic E-state index is 12.1. The van der Waals surface area contributed by atoms with E-state index >= 15 is 0 Å². The van der Waals surface area contributed by atoms with E-state index < -0.39 is 5.97 Å². The van der Waals surface area contributed by atoms with Crippen molar-refractivity contribution in [2.45, 2.75) is 6.92 Å². The van der Waals surface area contributed by atoms with E-state index in [1.54, 1.807) is 43.5 Å². The molecule has 1 aromatic carbocycles. The van der Waals surface area contributed by atoms with Gasteiger partial charge in [0.1, 0.15) is 0 Å². The van der Waals surface area contributed by atoms with Crippen molar-refractivity contribution in [3.05, 3.63) is 53.3 Å². The summed E-state index contributed by atoms with van der Waals surface area (Å²) in [5.41, 5.74) is 2.07. The summed E-state index contributed by atoms with van der Waals surface area (Å²) in [6, 6.07) is 8.40. The van der Waals surface area contributed by atoms with Crippen molar-refractivity contribution in [1.82, 2.24) is 4.98 Å². The molecule has 5 heteroatoms. The molecule has 0 aliphatic rings. The third-order valence-electron chi connectivity index (χ3n) is 2.78. The van der Waals surface area contributed by atoms with Crippen LogP contribution in [-0.4, -0.2) is 24.0 Å². The molecular weight excluding hydrogens is 244 g/mol. The Bertz CT molecular complexity index is 617. The van der Waals surface area contributed by atoms with Crippen molar-refractivity contribution in [3.8, 4) is 0 Å². The third-order valence-corrected chi connectivity index (χ3v) is 2.78. The molecule has 1 amide bonds. The average Bonchev–Trinajstić information content (AvgIpc) is 2.85. The van der Waals surface area contributed by atoms with Gasteiger partial charge in [-0.2, -0.15) is 0 Å². The molecular formula is C14H14N2O3. The summed E-state index contributed by atoms with van der Waals surface area (Å²) >= 11 is 0. The molecule has 0 bridgehead atoms. The van der Waals surface area contributed by atoms with Crippen LogP contribution in [-0.2, 0) is 4.74 Å². The molecule has 2 N–H and O–H groups in total. The number of esters is 1. The van der Waals surface area contributed by atoms with Crippen molar-refractivity contribution < 1.29 is 14.3 Å². The summed E-state index contributed by atoms with van der Waals surface area (Å²) < 4.78 is 4.68. The van der Waals surface area contributed by atoms with Gasteiger partial charge in [0.2, 0.25) is 0 Å². The number of anilines is 1. The Morgan fingerprint density at radius 2 is 1.89 bits per heavy atom. The number of hydrogen-bond donors (Lipinski definition) is 2. The summed E-state index contributed by atoms with van der Waals surface area (Å²) in [5, 5.41) is 2.71. The number of para-hydroxylation sites is 1. The number of aromatic amines is 1. The fourth-order valence-corrected chi connectivity index (χ4v) is 1.77. The van der Waals surface area contributed by atoms with Gasteiger partial charge in [-0.3, -0.25) is 4.79 Å². The Balaban J connectivity index is 2.27. The summed E-state index contributed by atoms with van der Waals surface area (Å²) in [7, 11) is 1.30. The number of carbonyl (C=O) groups is 2. The molecule has 1 heterocycles. The number of H-pyrrole nitrogens is 1. The second-order valence-electron chi connectivity index (χ2n) is 4.01. The monoisotopic (exact) mass is 258 g/mol. The molecule has 0 radical (unpaired) electrons. The van der Waals surface area contributed by atoms with Gasteiger partial charge in [-0.25, -0.2) is 4.79 Å². The number of hydrogen-bond acceptors (Lipinski definition) is 3. The number of amides is 1. The average molecular weight is 258 g/mol. The Labute approximate surface area is 110 Å². The lowest BCUT2D eigenvalue weighted by Gasteiger charge is -2.09. The van der Waals surface area contributed by atoms with Crippen LogP contribution in [0, 0.1) is 6.92 Å². The van der Waals surface area contributed by atoms with E-state index in [0.717, 1.165) is 5.69 Å². The van der Waals surface area contributed by atoms with Gasteiger partial charge in [-0.05, 0) is 25.1 Å². The smallest absolute Gasteiger partial charge is 0.339 e. The van der Waals surface area contributed by atoms with Crippen LogP contribution in [0.4, 0.5) is 5.69 Å². The van der Waals surface area contributed by atoms with Crippen molar-refractivity contribution in [2.24, 2.45) is 0 Å². The van der Waals surface area contributed by atoms with Crippen molar-refractivity contribution >= 4 is 17.6 Å². The van der Waals surface area contributed by atoms with E-state index in [1.807, 2.05) is 0 Å². The van der Waals surface area contributed by atoms with Crippen LogP contribution in [0.25, 0.3) is 0 Å². The van der Waals surface area contributed by atoms with E-state index in [2.05, 4.69) is 15.0 Å². The topological polar surface area (TPSA) is 71.2 Å². The summed E-state index contributed by atoms with van der Waals surface area (Å²) in [6.07, 6.45) is 1.69. The number of ether oxygens (including phenoxy) is 1. The Hall–Kier alpha value is -2.56. The highest BCUT2D eigenvalue weighted by atomic mass is 16.5. The van der Waals surface area contributed by atoms with E-state index in [0.29, 0.717) is 16.8 Å². The number of aromatic nitrogens is 1. The molecule has 2 aromatic rings. The van der Waals surface area contributed by atoms with Gasteiger partial charge < -0.3 is 15.0 Å². The second kappa shape index (κ2) is 5.39. The first-order valence-electron chi connectivity index (χ1n) is 5.76. The number of rotatable bonds is 3. The van der Waals surface area contributed by atoms with Crippen molar-refractivity contribution in [1.29, 1.82) is 0 Å². The predicted octanol–water partition coefficient (Wildman–Crippen LogP) is 2.36. The first-order valence-corrected chi connectivity index (χ1v) is 5.76.